The van der Waals surface area contributed by atoms with Crippen molar-refractivity contribution in [2.45, 2.75) is 25.2 Å². The largest absolute Gasteiger partial charge is 0.480 e. The number of aliphatic carboxylic acids is 1. The Kier molecular flexibility index (Phi) is 3.90. The second-order valence-electron chi connectivity index (χ2n) is 5.60. The summed E-state index contributed by atoms with van der Waals surface area (Å²) in [6.07, 6.45) is 0.534. The Morgan fingerprint density at radius 3 is 2.81 bits per heavy atom. The van der Waals surface area contributed by atoms with Crippen LogP contribution in [0.4, 0.5) is 0 Å². The van der Waals surface area contributed by atoms with Gasteiger partial charge >= 0.3 is 5.97 Å². The van der Waals surface area contributed by atoms with E-state index in [-0.39, 0.29) is 6.10 Å². The van der Waals surface area contributed by atoms with Crippen LogP contribution in [0, 0.1) is 0 Å². The summed E-state index contributed by atoms with van der Waals surface area (Å²) >= 11 is 0. The molecule has 2 aromatic carbocycles. The first-order valence-electron chi connectivity index (χ1n) is 7.16. The fourth-order valence-electron chi connectivity index (χ4n) is 2.99. The number of likely N-dealkylation sites (tertiary alicyclic amines) is 1. The van der Waals surface area contributed by atoms with Crippen molar-refractivity contribution < 1.29 is 14.6 Å². The van der Waals surface area contributed by atoms with E-state index in [1.807, 2.05) is 30.1 Å². The van der Waals surface area contributed by atoms with Gasteiger partial charge in [-0.3, -0.25) is 9.69 Å². The fraction of sp³-hybridized carbons (Fsp3) is 0.353. The molecule has 4 heteroatoms. The third-order valence-electron chi connectivity index (χ3n) is 4.15. The number of carbonyl (C=O) groups is 1. The van der Waals surface area contributed by atoms with Crippen molar-refractivity contribution in [2.75, 3.05) is 13.6 Å². The number of carboxylic acid groups (broad SMARTS) is 1. The highest BCUT2D eigenvalue weighted by Crippen LogP contribution is 2.23. The average molecular weight is 285 g/mol. The zero-order valence-corrected chi connectivity index (χ0v) is 12.0. The van der Waals surface area contributed by atoms with E-state index in [4.69, 9.17) is 9.84 Å². The first-order chi connectivity index (χ1) is 10.1. The summed E-state index contributed by atoms with van der Waals surface area (Å²) in [7, 11) is 1.83. The Morgan fingerprint density at radius 1 is 1.29 bits per heavy atom. The molecule has 1 aliphatic rings. The normalized spacial score (nSPS) is 22.7. The van der Waals surface area contributed by atoms with E-state index in [9.17, 15) is 4.79 Å². The third kappa shape index (κ3) is 2.91. The van der Waals surface area contributed by atoms with Gasteiger partial charge in [-0.05, 0) is 23.4 Å². The summed E-state index contributed by atoms with van der Waals surface area (Å²) in [5.41, 5.74) is 1.15. The van der Waals surface area contributed by atoms with Crippen molar-refractivity contribution in [3.8, 4) is 0 Å². The second kappa shape index (κ2) is 5.84. The van der Waals surface area contributed by atoms with Gasteiger partial charge in [-0.15, -0.1) is 0 Å². The molecule has 0 saturated carbocycles. The lowest BCUT2D eigenvalue weighted by atomic mass is 10.1. The van der Waals surface area contributed by atoms with Crippen LogP contribution in [0.3, 0.4) is 0 Å². The maximum absolute atomic E-state index is 11.1. The van der Waals surface area contributed by atoms with Gasteiger partial charge in [-0.1, -0.05) is 42.5 Å². The smallest absolute Gasteiger partial charge is 0.321 e. The summed E-state index contributed by atoms with van der Waals surface area (Å²) in [6, 6.07) is 14.0. The molecule has 0 radical (unpaired) electrons. The van der Waals surface area contributed by atoms with Gasteiger partial charge in [-0.25, -0.2) is 0 Å². The maximum Gasteiger partial charge on any atom is 0.321 e. The Labute approximate surface area is 123 Å². The van der Waals surface area contributed by atoms with Crippen molar-refractivity contribution in [3.63, 3.8) is 0 Å². The highest BCUT2D eigenvalue weighted by molar-refractivity contribution is 5.85. The van der Waals surface area contributed by atoms with Crippen LogP contribution in [0.25, 0.3) is 10.8 Å². The molecule has 110 valence electrons. The van der Waals surface area contributed by atoms with E-state index in [0.717, 1.165) is 5.56 Å². The van der Waals surface area contributed by atoms with Crippen molar-refractivity contribution in [1.29, 1.82) is 0 Å². The lowest BCUT2D eigenvalue weighted by molar-refractivity contribution is -0.141. The zero-order valence-electron chi connectivity index (χ0n) is 12.0. The van der Waals surface area contributed by atoms with Crippen LogP contribution >= 0.6 is 0 Å². The van der Waals surface area contributed by atoms with Gasteiger partial charge in [0.25, 0.3) is 0 Å². The number of likely N-dealkylation sites (N-methyl/N-ethyl adjacent to an activating group) is 1. The molecule has 0 amide bonds. The summed E-state index contributed by atoms with van der Waals surface area (Å²) in [5, 5.41) is 11.5. The van der Waals surface area contributed by atoms with Gasteiger partial charge in [0.2, 0.25) is 0 Å². The van der Waals surface area contributed by atoms with Crippen LogP contribution in [0.5, 0.6) is 0 Å². The number of hydrogen-bond acceptors (Lipinski definition) is 3. The SMILES string of the molecule is CN1CC(OCc2cccc3ccccc23)C[C@H]1C(=O)O. The second-order valence-corrected chi connectivity index (χ2v) is 5.60. The number of rotatable bonds is 4. The molecule has 2 aromatic rings. The molecule has 1 heterocycles. The fourth-order valence-corrected chi connectivity index (χ4v) is 2.99. The minimum absolute atomic E-state index is 0.0185. The van der Waals surface area contributed by atoms with Gasteiger partial charge < -0.3 is 9.84 Å². The van der Waals surface area contributed by atoms with E-state index in [1.165, 1.54) is 10.8 Å². The average Bonchev–Trinajstić information content (AvgIpc) is 2.86. The lowest BCUT2D eigenvalue weighted by Crippen LogP contribution is -2.32. The minimum atomic E-state index is -0.770. The van der Waals surface area contributed by atoms with E-state index in [1.54, 1.807) is 0 Å². The van der Waals surface area contributed by atoms with Crippen LogP contribution in [0.15, 0.2) is 42.5 Å². The molecule has 1 fully saturated rings. The Balaban J connectivity index is 1.69. The van der Waals surface area contributed by atoms with Gasteiger partial charge in [-0.2, -0.15) is 0 Å². The molecule has 1 N–H and O–H groups in total. The third-order valence-corrected chi connectivity index (χ3v) is 4.15. The monoisotopic (exact) mass is 285 g/mol. The zero-order chi connectivity index (χ0) is 14.8. The highest BCUT2D eigenvalue weighted by atomic mass is 16.5. The van der Waals surface area contributed by atoms with Crippen molar-refractivity contribution in [3.05, 3.63) is 48.0 Å². The van der Waals surface area contributed by atoms with Crippen LogP contribution in [0.2, 0.25) is 0 Å². The number of nitrogens with zero attached hydrogens (tertiary/aromatic N) is 1. The molecular formula is C17H19NO3. The summed E-state index contributed by atoms with van der Waals surface area (Å²) in [6.45, 7) is 1.19. The van der Waals surface area contributed by atoms with Crippen molar-refractivity contribution in [2.24, 2.45) is 0 Å². The highest BCUT2D eigenvalue weighted by Gasteiger charge is 2.34. The molecule has 0 aromatic heterocycles. The molecule has 1 unspecified atom stereocenters. The van der Waals surface area contributed by atoms with Crippen molar-refractivity contribution >= 4 is 16.7 Å². The van der Waals surface area contributed by atoms with E-state index >= 15 is 0 Å². The Morgan fingerprint density at radius 2 is 2.05 bits per heavy atom. The predicted octanol–water partition coefficient (Wildman–Crippen LogP) is 2.51. The summed E-state index contributed by atoms with van der Waals surface area (Å²) in [5.74, 6) is -0.770. The van der Waals surface area contributed by atoms with Gasteiger partial charge in [0.15, 0.2) is 0 Å². The van der Waals surface area contributed by atoms with E-state index in [0.29, 0.717) is 19.6 Å². The molecular weight excluding hydrogens is 266 g/mol. The number of benzene rings is 2. The van der Waals surface area contributed by atoms with E-state index in [2.05, 4.69) is 24.3 Å². The standard InChI is InChI=1S/C17H19NO3/c1-18-10-14(9-16(18)17(19)20)21-11-13-7-4-6-12-5-2-3-8-15(12)13/h2-8,14,16H,9-11H2,1H3,(H,19,20)/t14?,16-/m0/s1. The molecule has 2 atom stereocenters. The van der Waals surface area contributed by atoms with E-state index < -0.39 is 12.0 Å². The number of fused-ring (bicyclic) bond motifs is 1. The predicted molar refractivity (Wildman–Crippen MR) is 81.2 cm³/mol. The minimum Gasteiger partial charge on any atom is -0.480 e. The molecule has 0 bridgehead atoms. The first-order valence-corrected chi connectivity index (χ1v) is 7.16. The lowest BCUT2D eigenvalue weighted by Gasteiger charge is -2.13. The quantitative estimate of drug-likeness (QED) is 0.937. The first kappa shape index (κ1) is 14.0. The van der Waals surface area contributed by atoms with Crippen LogP contribution in [0.1, 0.15) is 12.0 Å². The number of hydrogen-bond donors (Lipinski definition) is 1. The van der Waals surface area contributed by atoms with Gasteiger partial charge in [0, 0.05) is 13.0 Å². The van der Waals surface area contributed by atoms with Gasteiger partial charge in [0.1, 0.15) is 6.04 Å². The topological polar surface area (TPSA) is 49.8 Å². The van der Waals surface area contributed by atoms with Crippen molar-refractivity contribution in [1.82, 2.24) is 4.90 Å². The maximum atomic E-state index is 11.1. The summed E-state index contributed by atoms with van der Waals surface area (Å²) in [4.78, 5) is 13.0. The molecule has 4 nitrogen and oxygen atoms in total. The summed E-state index contributed by atoms with van der Waals surface area (Å²) < 4.78 is 5.94. The molecule has 1 aliphatic heterocycles. The molecule has 0 spiro atoms. The molecule has 3 rings (SSSR count). The Hall–Kier alpha value is -1.91. The van der Waals surface area contributed by atoms with Crippen LogP contribution in [-0.4, -0.2) is 41.7 Å². The van der Waals surface area contributed by atoms with Crippen LogP contribution in [-0.2, 0) is 16.1 Å². The van der Waals surface area contributed by atoms with Gasteiger partial charge in [0.05, 0.1) is 12.7 Å². The number of ether oxygens (including phenoxy) is 1. The number of carboxylic acids is 1. The molecule has 21 heavy (non-hydrogen) atoms. The Bertz CT molecular complexity index is 650. The molecule has 0 aliphatic carbocycles. The molecule has 1 saturated heterocycles. The van der Waals surface area contributed by atoms with Crippen LogP contribution < -0.4 is 0 Å².